The van der Waals surface area contributed by atoms with Crippen LogP contribution in [0.2, 0.25) is 0 Å². The van der Waals surface area contributed by atoms with Crippen molar-refractivity contribution in [1.82, 2.24) is 0 Å². The van der Waals surface area contributed by atoms with Gasteiger partial charge in [-0.1, -0.05) is 415 Å². The first-order valence-electron chi connectivity index (χ1n) is 45.8. The first-order valence-corrected chi connectivity index (χ1v) is 48.8. The van der Waals surface area contributed by atoms with Crippen molar-refractivity contribution in [3.63, 3.8) is 0 Å². The van der Waals surface area contributed by atoms with Gasteiger partial charge in [0.2, 0.25) is 0 Å². The van der Waals surface area contributed by atoms with E-state index in [1.165, 1.54) is 263 Å². The summed E-state index contributed by atoms with van der Waals surface area (Å²) < 4.78 is 69.0. The Morgan fingerprint density at radius 1 is 0.259 bits per heavy atom. The van der Waals surface area contributed by atoms with Crippen LogP contribution in [0.25, 0.3) is 0 Å². The fraction of sp³-hybridized carbons (Fsp3) is 0.955. The van der Waals surface area contributed by atoms with Crippen LogP contribution in [0.1, 0.15) is 466 Å². The highest BCUT2D eigenvalue weighted by Crippen LogP contribution is 2.45. The van der Waals surface area contributed by atoms with Gasteiger partial charge >= 0.3 is 39.5 Å². The quantitative estimate of drug-likeness (QED) is 0.0222. The molecule has 0 aliphatic heterocycles. The number of esters is 4. The monoisotopic (exact) mass is 1580 g/mol. The van der Waals surface area contributed by atoms with E-state index in [1.54, 1.807) is 0 Å². The van der Waals surface area contributed by atoms with Gasteiger partial charge in [-0.05, 0) is 49.4 Å². The molecule has 108 heavy (non-hydrogen) atoms. The van der Waals surface area contributed by atoms with Crippen molar-refractivity contribution < 1.29 is 80.2 Å². The van der Waals surface area contributed by atoms with Crippen LogP contribution < -0.4 is 0 Å². The molecular formula is C89H174O17P2. The topological polar surface area (TPSA) is 237 Å². The van der Waals surface area contributed by atoms with Gasteiger partial charge in [0.1, 0.15) is 19.3 Å². The second-order valence-corrected chi connectivity index (χ2v) is 36.3. The Morgan fingerprint density at radius 2 is 0.444 bits per heavy atom. The Kier molecular flexibility index (Phi) is 76.2. The number of carbonyl (C=O) groups excluding carboxylic acids is 4. The van der Waals surface area contributed by atoms with Crippen LogP contribution in [-0.4, -0.2) is 96.7 Å². The highest BCUT2D eigenvalue weighted by Gasteiger charge is 2.31. The van der Waals surface area contributed by atoms with Crippen LogP contribution in [-0.2, 0) is 65.4 Å². The molecule has 0 aromatic heterocycles. The Morgan fingerprint density at radius 3 is 0.657 bits per heavy atom. The van der Waals surface area contributed by atoms with Crippen LogP contribution in [0.4, 0.5) is 0 Å². The molecule has 0 spiro atoms. The molecule has 0 radical (unpaired) electrons. The number of aliphatic hydroxyl groups excluding tert-OH is 1. The van der Waals surface area contributed by atoms with E-state index in [9.17, 15) is 43.2 Å². The predicted octanol–water partition coefficient (Wildman–Crippen LogP) is 27.1. The summed E-state index contributed by atoms with van der Waals surface area (Å²) >= 11 is 0. The van der Waals surface area contributed by atoms with Crippen molar-refractivity contribution >= 4 is 39.5 Å². The lowest BCUT2D eigenvalue weighted by atomic mass is 9.99. The van der Waals surface area contributed by atoms with Gasteiger partial charge in [0.15, 0.2) is 12.2 Å². The summed E-state index contributed by atoms with van der Waals surface area (Å²) in [5.41, 5.74) is 0. The molecule has 17 nitrogen and oxygen atoms in total. The van der Waals surface area contributed by atoms with E-state index in [0.29, 0.717) is 25.7 Å². The molecule has 0 aliphatic rings. The molecule has 0 aliphatic carbocycles. The summed E-state index contributed by atoms with van der Waals surface area (Å²) in [6.07, 6.45) is 68.1. The van der Waals surface area contributed by atoms with Gasteiger partial charge in [0, 0.05) is 25.7 Å². The molecule has 4 unspecified atom stereocenters. The number of rotatable bonds is 86. The fourth-order valence-corrected chi connectivity index (χ4v) is 15.4. The third-order valence-corrected chi connectivity index (χ3v) is 23.4. The number of phosphoric acid groups is 2. The molecular weight excluding hydrogens is 1400 g/mol. The fourth-order valence-electron chi connectivity index (χ4n) is 13.8. The van der Waals surface area contributed by atoms with Crippen molar-refractivity contribution in [1.29, 1.82) is 0 Å². The maximum Gasteiger partial charge on any atom is 0.472 e. The maximum atomic E-state index is 13.2. The van der Waals surface area contributed by atoms with Crippen molar-refractivity contribution in [3.05, 3.63) is 0 Å². The maximum absolute atomic E-state index is 13.2. The van der Waals surface area contributed by atoms with Gasteiger partial charge in [-0.15, -0.1) is 0 Å². The minimum Gasteiger partial charge on any atom is -0.462 e. The van der Waals surface area contributed by atoms with Gasteiger partial charge in [-0.3, -0.25) is 37.3 Å². The number of carbonyl (C=O) groups is 4. The summed E-state index contributed by atoms with van der Waals surface area (Å²) in [5, 5.41) is 10.7. The zero-order valence-electron chi connectivity index (χ0n) is 71.5. The molecule has 0 amide bonds. The standard InChI is InChI=1S/C89H174O17P2/c1-9-81(7)67-59-51-43-37-31-25-18-13-11-12-14-20-27-33-39-45-55-63-72-89(94)106-85(76-100-87(92)70-62-54-48-47-52-60-68-82(8)10-2)78-104-108(97,98)102-74-83(90)73-101-107(95,96)103-77-84(105-88(93)71-64-56-46-40-34-28-22-21-24-30-36-42-50-58-66-80(5)6)75-99-86(91)69-61-53-44-38-32-26-19-16-15-17-23-29-35-41-49-57-65-79(3)4/h79-85,90H,9-78H2,1-8H3,(H,95,96)(H,97,98)/t81?,82?,83-,84-,85-/m1/s1. The lowest BCUT2D eigenvalue weighted by Gasteiger charge is -2.21. The summed E-state index contributed by atoms with van der Waals surface area (Å²) in [4.78, 5) is 73.3. The van der Waals surface area contributed by atoms with Crippen molar-refractivity contribution in [3.8, 4) is 0 Å². The largest absolute Gasteiger partial charge is 0.472 e. The van der Waals surface area contributed by atoms with E-state index in [-0.39, 0.29) is 25.7 Å². The minimum atomic E-state index is -4.97. The summed E-state index contributed by atoms with van der Waals surface area (Å²) in [6, 6.07) is 0. The normalized spacial score (nSPS) is 14.4. The molecule has 3 N–H and O–H groups in total. The van der Waals surface area contributed by atoms with Gasteiger partial charge < -0.3 is 33.8 Å². The highest BCUT2D eigenvalue weighted by atomic mass is 31.2. The van der Waals surface area contributed by atoms with Crippen LogP contribution in [0, 0.1) is 23.7 Å². The first-order chi connectivity index (χ1) is 52.2. The van der Waals surface area contributed by atoms with Gasteiger partial charge in [-0.25, -0.2) is 9.13 Å². The first kappa shape index (κ1) is 106. The Hall–Kier alpha value is -1.94. The van der Waals surface area contributed by atoms with E-state index in [1.807, 2.05) is 0 Å². The van der Waals surface area contributed by atoms with Crippen LogP contribution in [0.15, 0.2) is 0 Å². The zero-order valence-corrected chi connectivity index (χ0v) is 73.3. The van der Waals surface area contributed by atoms with E-state index >= 15 is 0 Å². The number of hydrogen-bond acceptors (Lipinski definition) is 15. The molecule has 0 rings (SSSR count). The molecule has 19 heteroatoms. The van der Waals surface area contributed by atoms with Crippen molar-refractivity contribution in [2.45, 2.75) is 485 Å². The molecule has 0 saturated heterocycles. The molecule has 0 bridgehead atoms. The second-order valence-electron chi connectivity index (χ2n) is 33.4. The number of unbranched alkanes of at least 4 members (excludes halogenated alkanes) is 50. The third-order valence-electron chi connectivity index (χ3n) is 21.5. The van der Waals surface area contributed by atoms with Gasteiger partial charge in [-0.2, -0.15) is 0 Å². The van der Waals surface area contributed by atoms with E-state index < -0.39 is 97.5 Å². The van der Waals surface area contributed by atoms with Gasteiger partial charge in [0.05, 0.1) is 26.4 Å². The number of ether oxygens (including phenoxy) is 4. The smallest absolute Gasteiger partial charge is 0.462 e. The highest BCUT2D eigenvalue weighted by molar-refractivity contribution is 7.47. The molecule has 0 aromatic carbocycles. The SMILES string of the molecule is CCC(C)CCCCCCCCCCCCCCCCCCCCC(=O)O[C@H](COC(=O)CCCCCCCCC(C)CC)COP(=O)(O)OC[C@H](O)COP(=O)(O)OC[C@@H](COC(=O)CCCCCCCCCCCCCCCCCCC(C)C)OC(=O)CCCCCCCCCCCCCCCCC(C)C. The van der Waals surface area contributed by atoms with E-state index in [4.69, 9.17) is 37.0 Å². The molecule has 0 fully saturated rings. The van der Waals surface area contributed by atoms with E-state index in [0.717, 1.165) is 120 Å². The van der Waals surface area contributed by atoms with Crippen molar-refractivity contribution in [2.75, 3.05) is 39.6 Å². The van der Waals surface area contributed by atoms with E-state index in [2.05, 4.69) is 55.4 Å². The lowest BCUT2D eigenvalue weighted by molar-refractivity contribution is -0.161. The average molecular weight is 1580 g/mol. The third kappa shape index (κ3) is 79.3. The molecule has 0 aromatic rings. The van der Waals surface area contributed by atoms with Crippen LogP contribution in [0.5, 0.6) is 0 Å². The predicted molar refractivity (Wildman–Crippen MR) is 446 cm³/mol. The Labute approximate surface area is 664 Å². The molecule has 0 saturated carbocycles. The second kappa shape index (κ2) is 77.6. The Balaban J connectivity index is 5.21. The zero-order chi connectivity index (χ0) is 79.5. The number of phosphoric ester groups is 2. The van der Waals surface area contributed by atoms with Crippen LogP contribution >= 0.6 is 15.6 Å². The number of aliphatic hydroxyl groups is 1. The number of hydrogen-bond donors (Lipinski definition) is 3. The molecule has 642 valence electrons. The average Bonchev–Trinajstić information content (AvgIpc) is 0.947. The van der Waals surface area contributed by atoms with Gasteiger partial charge in [0.25, 0.3) is 0 Å². The molecule has 7 atom stereocenters. The lowest BCUT2D eigenvalue weighted by Crippen LogP contribution is -2.30. The summed E-state index contributed by atoms with van der Waals surface area (Å²) in [5.74, 6) is 1.10. The van der Waals surface area contributed by atoms with Crippen LogP contribution in [0.3, 0.4) is 0 Å². The molecule has 0 heterocycles. The van der Waals surface area contributed by atoms with Crippen molar-refractivity contribution in [2.24, 2.45) is 23.7 Å². The minimum absolute atomic E-state index is 0.107. The summed E-state index contributed by atoms with van der Waals surface area (Å²) in [6.45, 7) is 14.4. The Bertz CT molecular complexity index is 2100. The summed E-state index contributed by atoms with van der Waals surface area (Å²) in [7, 11) is -9.93.